The van der Waals surface area contributed by atoms with Gasteiger partial charge in [-0.3, -0.25) is 0 Å². The van der Waals surface area contributed by atoms with Gasteiger partial charge >= 0.3 is 6.09 Å². The minimum Gasteiger partial charge on any atom is -0.444 e. The first-order chi connectivity index (χ1) is 15.7. The van der Waals surface area contributed by atoms with Crippen LogP contribution in [0.4, 0.5) is 19.4 Å². The number of ether oxygens (including phenoxy) is 1. The summed E-state index contributed by atoms with van der Waals surface area (Å²) in [6.07, 6.45) is 2.88. The highest BCUT2D eigenvalue weighted by Crippen LogP contribution is 2.24. The van der Waals surface area contributed by atoms with Crippen LogP contribution in [0.5, 0.6) is 0 Å². The Morgan fingerprint density at radius 1 is 0.941 bits per heavy atom. The second-order valence-corrected chi connectivity index (χ2v) is 9.81. The second kappa shape index (κ2) is 12.1. The Balaban J connectivity index is 0.000000340. The number of aryl methyl sites for hydroxylation is 2. The molecule has 2 atom stereocenters. The average Bonchev–Trinajstić information content (AvgIpc) is 2.69. The van der Waals surface area contributed by atoms with Crippen molar-refractivity contribution < 1.29 is 18.3 Å². The smallest absolute Gasteiger partial charge is 0.407 e. The van der Waals surface area contributed by atoms with E-state index in [4.69, 9.17) is 39.5 Å². The molecular weight excluding hydrogens is 513 g/mol. The molecule has 2 N–H and O–H groups in total. The summed E-state index contributed by atoms with van der Waals surface area (Å²) in [7, 11) is 0. The Morgan fingerprint density at radius 2 is 1.50 bits per heavy atom. The topological polar surface area (TPSA) is 102 Å². The molecule has 0 saturated heterocycles. The minimum atomic E-state index is -0.619. The number of amides is 1. The van der Waals surface area contributed by atoms with E-state index in [0.29, 0.717) is 6.42 Å². The number of nitrogens with zero attached hydrogens (tertiary/aromatic N) is 4. The summed E-state index contributed by atoms with van der Waals surface area (Å²) in [5.41, 5.74) is -0.170. The molecule has 34 heavy (non-hydrogen) atoms. The highest BCUT2D eigenvalue weighted by atomic mass is 35.5. The molecule has 188 valence electrons. The Kier molecular flexibility index (Phi) is 10.0. The maximum absolute atomic E-state index is 14.1. The lowest BCUT2D eigenvalue weighted by atomic mass is 9.91. The van der Waals surface area contributed by atoms with Crippen LogP contribution in [-0.4, -0.2) is 43.7 Å². The van der Waals surface area contributed by atoms with E-state index in [1.807, 2.05) is 20.8 Å². The summed E-state index contributed by atoms with van der Waals surface area (Å²) in [5, 5.41) is 5.69. The molecule has 0 bridgehead atoms. The summed E-state index contributed by atoms with van der Waals surface area (Å²) in [5.74, 6) is -1.01. The van der Waals surface area contributed by atoms with Gasteiger partial charge in [-0.05, 0) is 83.5 Å². The largest absolute Gasteiger partial charge is 0.444 e. The van der Waals surface area contributed by atoms with Crippen molar-refractivity contribution in [3.05, 3.63) is 38.7 Å². The van der Waals surface area contributed by atoms with Crippen molar-refractivity contribution in [3.8, 4) is 0 Å². The fraction of sp³-hybridized carbons (Fsp3) is 0.571. The number of rotatable bonds is 3. The number of carbonyl (C=O) groups excluding carboxylic acids is 1. The van der Waals surface area contributed by atoms with Crippen LogP contribution in [0.1, 0.15) is 57.8 Å². The van der Waals surface area contributed by atoms with Crippen LogP contribution in [0.2, 0.25) is 15.7 Å². The lowest BCUT2D eigenvalue weighted by molar-refractivity contribution is 0.0492. The van der Waals surface area contributed by atoms with Gasteiger partial charge in [0.2, 0.25) is 10.6 Å². The number of nitrogens with one attached hydrogen (secondary N) is 2. The van der Waals surface area contributed by atoms with Gasteiger partial charge in [-0.2, -0.15) is 4.98 Å². The highest BCUT2D eigenvalue weighted by Gasteiger charge is 2.26. The van der Waals surface area contributed by atoms with Gasteiger partial charge in [-0.15, -0.1) is 0 Å². The van der Waals surface area contributed by atoms with E-state index >= 15 is 0 Å². The molecule has 1 saturated carbocycles. The van der Waals surface area contributed by atoms with E-state index in [1.54, 1.807) is 6.92 Å². The molecular formula is C21H27Cl3F2N6O2. The summed E-state index contributed by atoms with van der Waals surface area (Å²) < 4.78 is 32.0. The van der Waals surface area contributed by atoms with E-state index in [1.165, 1.54) is 6.92 Å². The summed E-state index contributed by atoms with van der Waals surface area (Å²) >= 11 is 16.5. The van der Waals surface area contributed by atoms with Gasteiger partial charge in [-0.25, -0.2) is 28.5 Å². The van der Waals surface area contributed by atoms with E-state index < -0.39 is 23.3 Å². The van der Waals surface area contributed by atoms with Crippen LogP contribution in [0.25, 0.3) is 0 Å². The first-order valence-corrected chi connectivity index (χ1v) is 11.7. The van der Waals surface area contributed by atoms with E-state index in [2.05, 4.69) is 30.6 Å². The monoisotopic (exact) mass is 538 g/mol. The number of halogens is 5. The van der Waals surface area contributed by atoms with Gasteiger partial charge in [0.05, 0.1) is 11.4 Å². The van der Waals surface area contributed by atoms with Crippen molar-refractivity contribution in [2.45, 2.75) is 78.0 Å². The molecule has 2 aromatic rings. The number of hydrogen-bond acceptors (Lipinski definition) is 7. The Bertz CT molecular complexity index is 1000. The first-order valence-electron chi connectivity index (χ1n) is 10.6. The molecule has 1 amide bonds. The first kappa shape index (κ1) is 28.2. The Morgan fingerprint density at radius 3 is 2.09 bits per heavy atom. The molecule has 0 unspecified atom stereocenters. The summed E-state index contributed by atoms with van der Waals surface area (Å²) in [4.78, 5) is 26.5. The lowest BCUT2D eigenvalue weighted by Gasteiger charge is -2.31. The van der Waals surface area contributed by atoms with E-state index in [9.17, 15) is 13.6 Å². The van der Waals surface area contributed by atoms with Gasteiger partial charge < -0.3 is 15.4 Å². The maximum atomic E-state index is 14.1. The van der Waals surface area contributed by atoms with Crippen LogP contribution in [-0.2, 0) is 4.74 Å². The number of hydrogen-bond donors (Lipinski definition) is 2. The number of alkyl carbamates (subject to hydrolysis) is 1. The quantitative estimate of drug-likeness (QED) is 0.361. The van der Waals surface area contributed by atoms with Crippen molar-refractivity contribution >= 4 is 46.7 Å². The zero-order valence-electron chi connectivity index (χ0n) is 19.5. The van der Waals surface area contributed by atoms with Crippen molar-refractivity contribution in [3.63, 3.8) is 0 Å². The predicted molar refractivity (Wildman–Crippen MR) is 128 cm³/mol. The molecule has 2 heterocycles. The maximum Gasteiger partial charge on any atom is 0.407 e. The fourth-order valence-corrected chi connectivity index (χ4v) is 3.91. The lowest BCUT2D eigenvalue weighted by Crippen LogP contribution is -2.44. The summed E-state index contributed by atoms with van der Waals surface area (Å²) in [6, 6.07) is -0.0221. The molecule has 1 fully saturated rings. The van der Waals surface area contributed by atoms with Crippen LogP contribution >= 0.6 is 34.8 Å². The van der Waals surface area contributed by atoms with Gasteiger partial charge in [-0.1, -0.05) is 11.6 Å². The van der Waals surface area contributed by atoms with Gasteiger partial charge in [0.1, 0.15) is 5.60 Å². The molecule has 2 aromatic heterocycles. The van der Waals surface area contributed by atoms with Crippen molar-refractivity contribution in [2.24, 2.45) is 0 Å². The van der Waals surface area contributed by atoms with Crippen LogP contribution < -0.4 is 10.6 Å². The third kappa shape index (κ3) is 8.96. The summed E-state index contributed by atoms with van der Waals surface area (Å²) in [6.45, 7) is 8.47. The molecule has 0 radical (unpaired) electrons. The highest BCUT2D eigenvalue weighted by molar-refractivity contribution is 6.31. The SMILES string of the molecule is Cc1nc(Cl)nc(Cl)c1F.Cc1nc(Cl)nc(N[C@H]2CCC[C@@H](NC(=O)OC(C)(C)C)C2)c1F. The van der Waals surface area contributed by atoms with Crippen LogP contribution in [0.3, 0.4) is 0 Å². The van der Waals surface area contributed by atoms with Crippen molar-refractivity contribution in [2.75, 3.05) is 5.32 Å². The molecule has 0 aromatic carbocycles. The van der Waals surface area contributed by atoms with Gasteiger partial charge in [0.25, 0.3) is 0 Å². The standard InChI is InChI=1S/C16H24ClFN4O2.C5H3Cl2FN2/c1-9-12(18)13(22-14(17)19-9)20-10-6-5-7-11(8-10)21-15(23)24-16(2,3)4;1-2-3(8)4(6)10-5(7)9-2/h10-11H,5-8H2,1-4H3,(H,21,23)(H,19,20,22);1H3/t10-,11+;/m0./s1. The minimum absolute atomic E-state index is 0.00134. The fourth-order valence-electron chi connectivity index (χ4n) is 3.23. The number of anilines is 1. The number of aromatic nitrogens is 4. The third-order valence-corrected chi connectivity index (χ3v) is 5.26. The third-order valence-electron chi connectivity index (χ3n) is 4.67. The normalized spacial score (nSPS) is 17.9. The van der Waals surface area contributed by atoms with E-state index in [0.717, 1.165) is 19.3 Å². The van der Waals surface area contributed by atoms with Crippen molar-refractivity contribution in [1.29, 1.82) is 0 Å². The molecule has 1 aliphatic rings. The molecule has 0 spiro atoms. The zero-order chi connectivity index (χ0) is 25.6. The second-order valence-electron chi connectivity index (χ2n) is 8.77. The van der Waals surface area contributed by atoms with Gasteiger partial charge in [0, 0.05) is 12.1 Å². The van der Waals surface area contributed by atoms with Crippen LogP contribution in [0.15, 0.2) is 0 Å². The Labute approximate surface area is 212 Å². The molecule has 1 aliphatic carbocycles. The molecule has 0 aliphatic heterocycles. The van der Waals surface area contributed by atoms with Gasteiger partial charge in [0.15, 0.2) is 22.6 Å². The molecule has 8 nitrogen and oxygen atoms in total. The molecule has 13 heteroatoms. The average molecular weight is 540 g/mol. The van der Waals surface area contributed by atoms with E-state index in [-0.39, 0.29) is 45.0 Å². The Hall–Kier alpha value is -2.04. The van der Waals surface area contributed by atoms with Crippen LogP contribution in [0, 0.1) is 25.5 Å². The predicted octanol–water partition coefficient (Wildman–Crippen LogP) is 6.06. The number of carbonyl (C=O) groups is 1. The zero-order valence-corrected chi connectivity index (χ0v) is 21.7. The molecule has 3 rings (SSSR count). The van der Waals surface area contributed by atoms with Crippen molar-refractivity contribution in [1.82, 2.24) is 25.3 Å².